The van der Waals surface area contributed by atoms with Gasteiger partial charge in [-0.15, -0.1) is 11.6 Å². The van der Waals surface area contributed by atoms with Crippen LogP contribution in [-0.2, 0) is 10.6 Å². The second-order valence-electron chi connectivity index (χ2n) is 3.65. The van der Waals surface area contributed by atoms with Crippen molar-refractivity contribution in [3.63, 3.8) is 0 Å². The lowest BCUT2D eigenvalue weighted by Crippen LogP contribution is -2.36. The van der Waals surface area contributed by atoms with Crippen molar-refractivity contribution in [2.45, 2.75) is 12.8 Å². The zero-order valence-corrected chi connectivity index (χ0v) is 9.63. The number of alkyl halides is 1. The Morgan fingerprint density at radius 2 is 2.13 bits per heavy atom. The molecular weight excluding hydrogens is 212 g/mol. The van der Waals surface area contributed by atoms with Gasteiger partial charge < -0.3 is 9.64 Å². The Kier molecular flexibility index (Phi) is 3.44. The predicted octanol–water partition coefficient (Wildman–Crippen LogP) is 1.97. The van der Waals surface area contributed by atoms with Gasteiger partial charge in [-0.1, -0.05) is 6.07 Å². The van der Waals surface area contributed by atoms with E-state index in [2.05, 4.69) is 16.0 Å². The molecule has 2 heterocycles. The summed E-state index contributed by atoms with van der Waals surface area (Å²) in [6.45, 7) is 5.43. The quantitative estimate of drug-likeness (QED) is 0.721. The first-order chi connectivity index (χ1) is 7.31. The van der Waals surface area contributed by atoms with E-state index in [-0.39, 0.29) is 0 Å². The molecule has 0 bridgehead atoms. The van der Waals surface area contributed by atoms with Crippen molar-refractivity contribution in [1.82, 2.24) is 4.98 Å². The van der Waals surface area contributed by atoms with E-state index in [0.29, 0.717) is 5.88 Å². The van der Waals surface area contributed by atoms with Crippen molar-refractivity contribution in [3.05, 3.63) is 23.4 Å². The van der Waals surface area contributed by atoms with Gasteiger partial charge >= 0.3 is 0 Å². The molecule has 0 atom stereocenters. The fraction of sp³-hybridized carbons (Fsp3) is 0.545. The largest absolute Gasteiger partial charge is 0.378 e. The second-order valence-corrected chi connectivity index (χ2v) is 3.91. The van der Waals surface area contributed by atoms with Crippen LogP contribution in [0.4, 0.5) is 5.82 Å². The van der Waals surface area contributed by atoms with E-state index < -0.39 is 0 Å². The van der Waals surface area contributed by atoms with Crippen molar-refractivity contribution < 1.29 is 4.74 Å². The topological polar surface area (TPSA) is 25.4 Å². The summed E-state index contributed by atoms with van der Waals surface area (Å²) in [6.07, 6.45) is 0. The number of ether oxygens (including phenoxy) is 1. The molecule has 2 rings (SSSR count). The van der Waals surface area contributed by atoms with E-state index in [4.69, 9.17) is 16.3 Å². The van der Waals surface area contributed by atoms with Gasteiger partial charge in [-0.2, -0.15) is 0 Å². The maximum absolute atomic E-state index is 5.80. The third-order valence-electron chi connectivity index (χ3n) is 2.66. The number of anilines is 1. The Hall–Kier alpha value is -0.800. The van der Waals surface area contributed by atoms with Crippen LogP contribution in [0.2, 0.25) is 0 Å². The predicted molar refractivity (Wildman–Crippen MR) is 61.6 cm³/mol. The van der Waals surface area contributed by atoms with Gasteiger partial charge in [0.25, 0.3) is 0 Å². The number of aryl methyl sites for hydroxylation is 1. The lowest BCUT2D eigenvalue weighted by Gasteiger charge is -2.28. The minimum atomic E-state index is 0.530. The fourth-order valence-electron chi connectivity index (χ4n) is 1.69. The summed E-state index contributed by atoms with van der Waals surface area (Å²) in [6, 6.07) is 4.09. The molecule has 1 saturated heterocycles. The zero-order chi connectivity index (χ0) is 10.7. The fourth-order valence-corrected chi connectivity index (χ4v) is 1.97. The van der Waals surface area contributed by atoms with Crippen LogP contribution in [0.15, 0.2) is 12.1 Å². The van der Waals surface area contributed by atoms with Crippen LogP contribution in [-0.4, -0.2) is 31.3 Å². The van der Waals surface area contributed by atoms with Crippen LogP contribution in [0.25, 0.3) is 0 Å². The molecule has 0 saturated carbocycles. The van der Waals surface area contributed by atoms with Gasteiger partial charge in [0.1, 0.15) is 5.82 Å². The highest BCUT2D eigenvalue weighted by molar-refractivity contribution is 6.17. The molecule has 3 nitrogen and oxygen atoms in total. The van der Waals surface area contributed by atoms with Crippen LogP contribution in [0.5, 0.6) is 0 Å². The molecule has 0 amide bonds. The minimum absolute atomic E-state index is 0.530. The smallest absolute Gasteiger partial charge is 0.128 e. The van der Waals surface area contributed by atoms with Gasteiger partial charge in [0.15, 0.2) is 0 Å². The van der Waals surface area contributed by atoms with Crippen molar-refractivity contribution in [2.24, 2.45) is 0 Å². The summed E-state index contributed by atoms with van der Waals surface area (Å²) in [7, 11) is 0. The first kappa shape index (κ1) is 10.7. The minimum Gasteiger partial charge on any atom is -0.378 e. The molecule has 0 unspecified atom stereocenters. The summed E-state index contributed by atoms with van der Waals surface area (Å²) in [5.41, 5.74) is 2.13. The molecule has 0 aliphatic carbocycles. The average molecular weight is 227 g/mol. The van der Waals surface area contributed by atoms with E-state index >= 15 is 0 Å². The maximum atomic E-state index is 5.80. The highest BCUT2D eigenvalue weighted by Crippen LogP contribution is 2.17. The molecule has 1 aromatic rings. The molecule has 0 spiro atoms. The Bertz CT molecular complexity index is 337. The number of aromatic nitrogens is 1. The monoisotopic (exact) mass is 226 g/mol. The highest BCUT2D eigenvalue weighted by Gasteiger charge is 2.12. The zero-order valence-electron chi connectivity index (χ0n) is 8.87. The number of hydrogen-bond acceptors (Lipinski definition) is 3. The molecular formula is C11H15ClN2O. The maximum Gasteiger partial charge on any atom is 0.128 e. The standard InChI is InChI=1S/C11H15ClN2O/c1-9-10(8-12)2-3-11(13-9)14-4-6-15-7-5-14/h2-3H,4-8H2,1H3. The number of nitrogens with zero attached hydrogens (tertiary/aromatic N) is 2. The summed E-state index contributed by atoms with van der Waals surface area (Å²) in [5.74, 6) is 1.56. The number of halogens is 1. The normalized spacial score (nSPS) is 16.8. The van der Waals surface area contributed by atoms with E-state index in [1.807, 2.05) is 13.0 Å². The molecule has 0 radical (unpaired) electrons. The first-order valence-corrected chi connectivity index (χ1v) is 5.70. The van der Waals surface area contributed by atoms with E-state index in [9.17, 15) is 0 Å². The van der Waals surface area contributed by atoms with Crippen LogP contribution < -0.4 is 4.90 Å². The summed E-state index contributed by atoms with van der Waals surface area (Å²) in [5, 5.41) is 0. The highest BCUT2D eigenvalue weighted by atomic mass is 35.5. The van der Waals surface area contributed by atoms with Gasteiger partial charge in [-0.3, -0.25) is 0 Å². The Morgan fingerprint density at radius 3 is 2.73 bits per heavy atom. The van der Waals surface area contributed by atoms with Gasteiger partial charge in [-0.05, 0) is 18.6 Å². The molecule has 15 heavy (non-hydrogen) atoms. The summed E-state index contributed by atoms with van der Waals surface area (Å²) >= 11 is 5.80. The van der Waals surface area contributed by atoms with Gasteiger partial charge in [-0.25, -0.2) is 4.98 Å². The van der Waals surface area contributed by atoms with Crippen LogP contribution >= 0.6 is 11.6 Å². The lowest BCUT2D eigenvalue weighted by molar-refractivity contribution is 0.122. The third kappa shape index (κ3) is 2.41. The Morgan fingerprint density at radius 1 is 1.40 bits per heavy atom. The molecule has 1 aromatic heterocycles. The van der Waals surface area contributed by atoms with Gasteiger partial charge in [0.2, 0.25) is 0 Å². The summed E-state index contributed by atoms with van der Waals surface area (Å²) in [4.78, 5) is 6.80. The van der Waals surface area contributed by atoms with Crippen LogP contribution in [0.1, 0.15) is 11.3 Å². The van der Waals surface area contributed by atoms with Crippen LogP contribution in [0.3, 0.4) is 0 Å². The van der Waals surface area contributed by atoms with Crippen molar-refractivity contribution >= 4 is 17.4 Å². The molecule has 1 aliphatic rings. The number of morpholine rings is 1. The van der Waals surface area contributed by atoms with Crippen molar-refractivity contribution in [3.8, 4) is 0 Å². The molecule has 0 aromatic carbocycles. The average Bonchev–Trinajstić information content (AvgIpc) is 2.30. The molecule has 4 heteroatoms. The molecule has 82 valence electrons. The van der Waals surface area contributed by atoms with Crippen molar-refractivity contribution in [1.29, 1.82) is 0 Å². The van der Waals surface area contributed by atoms with E-state index in [1.165, 1.54) is 0 Å². The van der Waals surface area contributed by atoms with Crippen LogP contribution in [0, 0.1) is 6.92 Å². The van der Waals surface area contributed by atoms with E-state index in [1.54, 1.807) is 0 Å². The molecule has 1 fully saturated rings. The third-order valence-corrected chi connectivity index (χ3v) is 2.95. The van der Waals surface area contributed by atoms with E-state index in [0.717, 1.165) is 43.4 Å². The number of pyridine rings is 1. The number of rotatable bonds is 2. The Balaban J connectivity index is 2.17. The van der Waals surface area contributed by atoms with Gasteiger partial charge in [0.05, 0.1) is 13.2 Å². The SMILES string of the molecule is Cc1nc(N2CCOCC2)ccc1CCl. The van der Waals surface area contributed by atoms with Crippen molar-refractivity contribution in [2.75, 3.05) is 31.2 Å². The van der Waals surface area contributed by atoms with Gasteiger partial charge in [0, 0.05) is 24.7 Å². The summed E-state index contributed by atoms with van der Waals surface area (Å²) < 4.78 is 5.31. The molecule has 0 N–H and O–H groups in total. The first-order valence-electron chi connectivity index (χ1n) is 5.16. The second kappa shape index (κ2) is 4.81. The lowest BCUT2D eigenvalue weighted by atomic mass is 10.2. The molecule has 1 aliphatic heterocycles. The Labute approximate surface area is 95.0 Å². The number of hydrogen-bond donors (Lipinski definition) is 0.